The van der Waals surface area contributed by atoms with Crippen LogP contribution < -0.4 is 10.6 Å². The van der Waals surface area contributed by atoms with Crippen molar-refractivity contribution in [1.82, 2.24) is 4.98 Å². The summed E-state index contributed by atoms with van der Waals surface area (Å²) in [4.78, 5) is 18.5. The molecule has 1 aliphatic heterocycles. The smallest absolute Gasteiger partial charge is 0.276 e. The molecule has 1 aliphatic rings. The Bertz CT molecular complexity index is 642. The number of halogens is 1. The van der Waals surface area contributed by atoms with Crippen LogP contribution in [0.4, 0.5) is 5.69 Å². The molecule has 0 fully saturated rings. The summed E-state index contributed by atoms with van der Waals surface area (Å²) in [5, 5.41) is 0. The van der Waals surface area contributed by atoms with Gasteiger partial charge in [-0.2, -0.15) is 0 Å². The van der Waals surface area contributed by atoms with E-state index in [9.17, 15) is 4.79 Å². The minimum Gasteiger partial charge on any atom is -0.326 e. The van der Waals surface area contributed by atoms with Crippen LogP contribution in [-0.2, 0) is 6.42 Å². The van der Waals surface area contributed by atoms with Crippen LogP contribution in [0.2, 0.25) is 0 Å². The molecule has 1 aromatic carbocycles. The molecule has 2 heterocycles. The van der Waals surface area contributed by atoms with Crippen molar-refractivity contribution >= 4 is 27.5 Å². The molecule has 20 heavy (non-hydrogen) atoms. The van der Waals surface area contributed by atoms with Crippen molar-refractivity contribution in [3.8, 4) is 0 Å². The first-order valence-corrected chi connectivity index (χ1v) is 7.21. The van der Waals surface area contributed by atoms with Gasteiger partial charge in [0.15, 0.2) is 0 Å². The summed E-state index contributed by atoms with van der Waals surface area (Å²) in [5.74, 6) is -0.111. The fraction of sp³-hybridized carbons (Fsp3) is 0.200. The highest BCUT2D eigenvalue weighted by Gasteiger charge is 2.27. The molecular formula is C15H14BrN3O. The van der Waals surface area contributed by atoms with E-state index in [1.807, 2.05) is 30.3 Å². The summed E-state index contributed by atoms with van der Waals surface area (Å²) in [6.07, 6.45) is 2.43. The molecule has 5 heteroatoms. The average molecular weight is 332 g/mol. The molecule has 1 atom stereocenters. The molecule has 1 unspecified atom stereocenters. The zero-order chi connectivity index (χ0) is 14.1. The van der Waals surface area contributed by atoms with Crippen molar-refractivity contribution < 1.29 is 4.79 Å². The van der Waals surface area contributed by atoms with Crippen molar-refractivity contribution in [1.29, 1.82) is 0 Å². The van der Waals surface area contributed by atoms with Gasteiger partial charge in [0.1, 0.15) is 5.69 Å². The van der Waals surface area contributed by atoms with Gasteiger partial charge >= 0.3 is 0 Å². The van der Waals surface area contributed by atoms with Crippen LogP contribution >= 0.6 is 15.9 Å². The number of nitrogens with zero attached hydrogens (tertiary/aromatic N) is 2. The molecule has 0 aliphatic carbocycles. The van der Waals surface area contributed by atoms with Crippen molar-refractivity contribution in [2.45, 2.75) is 12.5 Å². The maximum absolute atomic E-state index is 12.6. The third kappa shape index (κ3) is 2.46. The maximum atomic E-state index is 12.6. The van der Waals surface area contributed by atoms with Crippen LogP contribution in [0.25, 0.3) is 0 Å². The third-order valence-corrected chi connectivity index (χ3v) is 3.84. The second-order valence-corrected chi connectivity index (χ2v) is 5.79. The number of fused-ring (bicyclic) bond motifs is 1. The van der Waals surface area contributed by atoms with Crippen molar-refractivity contribution in [2.75, 3.05) is 11.4 Å². The van der Waals surface area contributed by atoms with Crippen LogP contribution in [0.5, 0.6) is 0 Å². The van der Waals surface area contributed by atoms with Crippen LogP contribution in [0.15, 0.2) is 47.1 Å². The Hall–Kier alpha value is -1.72. The second kappa shape index (κ2) is 5.34. The standard InChI is InChI=1S/C15H14BrN3O/c16-11-5-6-13(18-8-11)15(20)19-9-12(17)7-10-3-1-2-4-14(10)19/h1-6,8,12H,7,9,17H2. The van der Waals surface area contributed by atoms with E-state index in [0.29, 0.717) is 12.2 Å². The molecule has 102 valence electrons. The number of benzene rings is 1. The summed E-state index contributed by atoms with van der Waals surface area (Å²) < 4.78 is 0.852. The fourth-order valence-corrected chi connectivity index (χ4v) is 2.69. The van der Waals surface area contributed by atoms with Gasteiger partial charge in [-0.3, -0.25) is 4.79 Å². The summed E-state index contributed by atoms with van der Waals surface area (Å²) in [7, 11) is 0. The lowest BCUT2D eigenvalue weighted by Crippen LogP contribution is -2.46. The molecule has 3 rings (SSSR count). The zero-order valence-electron chi connectivity index (χ0n) is 10.8. The first-order chi connectivity index (χ1) is 9.65. The van der Waals surface area contributed by atoms with E-state index in [0.717, 1.165) is 22.1 Å². The molecule has 1 aromatic heterocycles. The lowest BCUT2D eigenvalue weighted by Gasteiger charge is -2.32. The quantitative estimate of drug-likeness (QED) is 0.872. The average Bonchev–Trinajstić information content (AvgIpc) is 2.46. The molecule has 1 amide bonds. The Morgan fingerprint density at radius 1 is 1.30 bits per heavy atom. The summed E-state index contributed by atoms with van der Waals surface area (Å²) >= 11 is 3.32. The van der Waals surface area contributed by atoms with Crippen LogP contribution in [0, 0.1) is 0 Å². The highest BCUT2D eigenvalue weighted by molar-refractivity contribution is 9.10. The first-order valence-electron chi connectivity index (χ1n) is 6.42. The van der Waals surface area contributed by atoms with E-state index >= 15 is 0 Å². The molecular weight excluding hydrogens is 318 g/mol. The van der Waals surface area contributed by atoms with Gasteiger partial charge in [0, 0.05) is 28.9 Å². The minimum absolute atomic E-state index is 0.0377. The second-order valence-electron chi connectivity index (χ2n) is 4.87. The number of carbonyl (C=O) groups is 1. The van der Waals surface area contributed by atoms with E-state index in [-0.39, 0.29) is 11.9 Å². The van der Waals surface area contributed by atoms with Crippen molar-refractivity contribution in [3.05, 3.63) is 58.3 Å². The van der Waals surface area contributed by atoms with Gasteiger partial charge in [-0.05, 0) is 46.1 Å². The molecule has 0 spiro atoms. The zero-order valence-corrected chi connectivity index (χ0v) is 12.4. The normalized spacial score (nSPS) is 17.7. The number of amides is 1. The topological polar surface area (TPSA) is 59.2 Å². The van der Waals surface area contributed by atoms with Crippen LogP contribution in [0.3, 0.4) is 0 Å². The Morgan fingerprint density at radius 3 is 2.85 bits per heavy atom. The van der Waals surface area contributed by atoms with Crippen molar-refractivity contribution in [2.24, 2.45) is 5.73 Å². The monoisotopic (exact) mass is 331 g/mol. The number of rotatable bonds is 1. The number of carbonyl (C=O) groups excluding carboxylic acids is 1. The van der Waals surface area contributed by atoms with E-state index in [1.165, 1.54) is 0 Å². The molecule has 0 saturated carbocycles. The summed E-state index contributed by atoms with van der Waals surface area (Å²) in [6.45, 7) is 0.521. The number of hydrogen-bond donors (Lipinski definition) is 1. The number of aromatic nitrogens is 1. The third-order valence-electron chi connectivity index (χ3n) is 3.37. The molecule has 4 nitrogen and oxygen atoms in total. The first kappa shape index (κ1) is 13.3. The Labute approximate surface area is 125 Å². The molecule has 2 aromatic rings. The van der Waals surface area contributed by atoms with E-state index in [1.54, 1.807) is 17.2 Å². The molecule has 0 bridgehead atoms. The number of nitrogens with two attached hydrogens (primary N) is 1. The largest absolute Gasteiger partial charge is 0.326 e. The van der Waals surface area contributed by atoms with Gasteiger partial charge in [0.05, 0.1) is 0 Å². The highest BCUT2D eigenvalue weighted by atomic mass is 79.9. The van der Waals surface area contributed by atoms with Crippen LogP contribution in [0.1, 0.15) is 16.1 Å². The van der Waals surface area contributed by atoms with Crippen LogP contribution in [-0.4, -0.2) is 23.5 Å². The SMILES string of the molecule is NC1Cc2ccccc2N(C(=O)c2ccc(Br)cn2)C1. The van der Waals surface area contributed by atoms with E-state index in [2.05, 4.69) is 20.9 Å². The number of hydrogen-bond acceptors (Lipinski definition) is 3. The Balaban J connectivity index is 1.97. The fourth-order valence-electron chi connectivity index (χ4n) is 2.46. The van der Waals surface area contributed by atoms with Gasteiger partial charge in [-0.1, -0.05) is 18.2 Å². The van der Waals surface area contributed by atoms with Gasteiger partial charge in [0.2, 0.25) is 0 Å². The minimum atomic E-state index is -0.111. The number of pyridine rings is 1. The molecule has 2 N–H and O–H groups in total. The lowest BCUT2D eigenvalue weighted by molar-refractivity contribution is 0.0978. The summed E-state index contributed by atoms with van der Waals surface area (Å²) in [5.41, 5.74) is 8.53. The Morgan fingerprint density at radius 2 is 2.10 bits per heavy atom. The van der Waals surface area contributed by atoms with Gasteiger partial charge in [-0.15, -0.1) is 0 Å². The molecule has 0 radical (unpaired) electrons. The lowest BCUT2D eigenvalue weighted by atomic mass is 9.98. The highest BCUT2D eigenvalue weighted by Crippen LogP contribution is 2.27. The van der Waals surface area contributed by atoms with E-state index in [4.69, 9.17) is 5.73 Å². The molecule has 0 saturated heterocycles. The number of anilines is 1. The number of para-hydroxylation sites is 1. The van der Waals surface area contributed by atoms with Crippen molar-refractivity contribution in [3.63, 3.8) is 0 Å². The predicted molar refractivity (Wildman–Crippen MR) is 81.7 cm³/mol. The predicted octanol–water partition coefficient (Wildman–Crippen LogP) is 2.37. The van der Waals surface area contributed by atoms with Gasteiger partial charge in [0.25, 0.3) is 5.91 Å². The van der Waals surface area contributed by atoms with Gasteiger partial charge in [-0.25, -0.2) is 4.98 Å². The maximum Gasteiger partial charge on any atom is 0.276 e. The summed E-state index contributed by atoms with van der Waals surface area (Å²) in [6, 6.07) is 11.4. The van der Waals surface area contributed by atoms with E-state index < -0.39 is 0 Å². The van der Waals surface area contributed by atoms with Gasteiger partial charge < -0.3 is 10.6 Å². The Kier molecular flexibility index (Phi) is 3.54.